The van der Waals surface area contributed by atoms with Crippen LogP contribution in [0.1, 0.15) is 375 Å². The Bertz CT molecular complexity index is 1710. The molecule has 566 valence electrons. The van der Waals surface area contributed by atoms with Gasteiger partial charge in [0.05, 0.1) is 0 Å². The predicted octanol–water partition coefficient (Wildman–Crippen LogP) is 24.6. The van der Waals surface area contributed by atoms with Gasteiger partial charge >= 0.3 is 0 Å². The Morgan fingerprint density at radius 3 is 0.667 bits per heavy atom. The van der Waals surface area contributed by atoms with Crippen LogP contribution in [0.4, 0.5) is 0 Å². The second-order valence-electron chi connectivity index (χ2n) is 25.2. The number of hydrogen-bond acceptors (Lipinski definition) is 6. The van der Waals surface area contributed by atoms with Gasteiger partial charge in [-0.1, -0.05) is 348 Å². The molecule has 0 aromatic heterocycles. The minimum atomic E-state index is -2.46. The zero-order chi connectivity index (χ0) is 67.9. The van der Waals surface area contributed by atoms with E-state index in [0.717, 1.165) is 64.2 Å². The zero-order valence-electron chi connectivity index (χ0n) is 62.6. The first-order valence-corrected chi connectivity index (χ1v) is 46.8. The predicted molar refractivity (Wildman–Crippen MR) is 404 cm³/mol. The molecule has 24 heteroatoms. The molecule has 0 spiro atoms. The first-order chi connectivity index (χ1) is 43.6. The van der Waals surface area contributed by atoms with Gasteiger partial charge in [0.15, 0.2) is 40.1 Å². The quantitative estimate of drug-likeness (QED) is 0.0204. The van der Waals surface area contributed by atoms with Crippen molar-refractivity contribution < 1.29 is 302 Å². The van der Waals surface area contributed by atoms with Gasteiger partial charge in [0.1, 0.15) is 0 Å². The van der Waals surface area contributed by atoms with Crippen LogP contribution in [-0.2, 0) is 27.4 Å². The van der Waals surface area contributed by atoms with Gasteiger partial charge in [-0.2, -0.15) is 0 Å². The normalized spacial score (nSPS) is 12.5. The van der Waals surface area contributed by atoms with E-state index in [2.05, 4.69) is 53.7 Å². The zero-order valence-corrected chi connectivity index (χ0v) is 87.8. The molecule has 7 unspecified atom stereocenters. The van der Waals surface area contributed by atoms with Gasteiger partial charge in [0.2, 0.25) is 8.03 Å². The molecule has 0 amide bonds. The van der Waals surface area contributed by atoms with Crippen LogP contribution in [0, 0.1) is 251 Å². The Morgan fingerprint density at radius 1 is 0.281 bits per heavy atom. The summed E-state index contributed by atoms with van der Waals surface area (Å²) < 4.78 is 62.7. The largest absolute Gasteiger partial charge is 0.346 e. The Labute approximate surface area is 796 Å². The maximum absolute atomic E-state index is 10.5. The molecule has 96 heavy (non-hydrogen) atoms. The van der Waals surface area contributed by atoms with Crippen molar-refractivity contribution in [3.63, 3.8) is 0 Å². The third-order valence-electron chi connectivity index (χ3n) is 16.2. The van der Waals surface area contributed by atoms with Crippen molar-refractivity contribution >= 4 is 53.5 Å². The monoisotopic (exact) mass is 2250 g/mol. The van der Waals surface area contributed by atoms with Crippen LogP contribution < -0.4 is 5.30 Å². The summed E-state index contributed by atoms with van der Waals surface area (Å²) in [6, 6.07) is 8.58. The molecule has 0 bridgehead atoms. The summed E-state index contributed by atoms with van der Waals surface area (Å²) in [6.45, 7) is 13.2. The molecule has 0 saturated carbocycles. The van der Waals surface area contributed by atoms with Crippen LogP contribution in [-0.4, -0.2) is 60.2 Å². The van der Waals surface area contributed by atoms with Crippen molar-refractivity contribution in [1.29, 1.82) is 0 Å². The van der Waals surface area contributed by atoms with Crippen molar-refractivity contribution in [2.24, 2.45) is 5.92 Å². The summed E-state index contributed by atoms with van der Waals surface area (Å²) in [7, 11) is -13.5. The molecule has 7 atom stereocenters. The van der Waals surface area contributed by atoms with E-state index in [9.17, 15) is 27.4 Å². The van der Waals surface area contributed by atoms with Crippen LogP contribution in [0.25, 0.3) is 0 Å². The SMILES string of the molecule is CCCCC(CC)C[PH](=O)O.CCCCCCCC/C=C\CCCCCCCC[PH](=O)O.CCCCCCCCCCCCCCCCCC[PH](=O)O.CCCCCCCCCCCC[PH](=O)O.CCCCCCCCCC[PH](=O)O.O=[PH](O)c1ccccc1.[Nd].[Nd].[Nd].[Nd].[Nd].[Nd]. The Morgan fingerprint density at radius 2 is 0.490 bits per heavy atom. The third kappa shape index (κ3) is 135. The van der Waals surface area contributed by atoms with Crippen LogP contribution >= 0.6 is 48.2 Å². The summed E-state index contributed by atoms with van der Waals surface area (Å²) in [5.74, 6) is 0.478. The molecule has 1 aromatic carbocycles. The van der Waals surface area contributed by atoms with Gasteiger partial charge in [-0.05, 0) is 75.8 Å². The molecule has 0 aliphatic carbocycles. The molecule has 0 saturated heterocycles. The molecular weight excluding hydrogens is 2110 g/mol. The average Bonchev–Trinajstić information content (AvgIpc) is 1.86. The van der Waals surface area contributed by atoms with Gasteiger partial charge < -0.3 is 29.4 Å². The first kappa shape index (κ1) is 128. The summed E-state index contributed by atoms with van der Waals surface area (Å²) in [5, 5.41) is 0.516. The van der Waals surface area contributed by atoms with E-state index >= 15 is 0 Å². The molecule has 1 rings (SSSR count). The second-order valence-corrected chi connectivity index (χ2v) is 32.7. The van der Waals surface area contributed by atoms with Crippen molar-refractivity contribution in [1.82, 2.24) is 0 Å². The number of unbranched alkanes of at least 4 members (excludes halogenated alkanes) is 44. The molecule has 12 nitrogen and oxygen atoms in total. The van der Waals surface area contributed by atoms with E-state index in [1.54, 1.807) is 24.3 Å². The van der Waals surface area contributed by atoms with Crippen LogP contribution in [0.5, 0.6) is 0 Å². The van der Waals surface area contributed by atoms with Crippen molar-refractivity contribution in [3.05, 3.63) is 42.5 Å². The van der Waals surface area contributed by atoms with Gasteiger partial charge in [0.25, 0.3) is 0 Å². The molecule has 1 aromatic rings. The van der Waals surface area contributed by atoms with Crippen molar-refractivity contribution in [2.75, 3.05) is 30.8 Å². The topological polar surface area (TPSA) is 224 Å². The molecule has 0 fully saturated rings. The summed E-state index contributed by atoms with van der Waals surface area (Å²) in [5.41, 5.74) is 0. The molecule has 0 radical (unpaired) electrons. The minimum absolute atomic E-state index is 0. The number of benzene rings is 1. The molecule has 0 heterocycles. The fourth-order valence-corrected chi connectivity index (χ4v) is 14.0. The van der Waals surface area contributed by atoms with E-state index in [-0.39, 0.29) is 245 Å². The van der Waals surface area contributed by atoms with Crippen molar-refractivity contribution in [3.8, 4) is 0 Å². The first-order valence-electron chi connectivity index (χ1n) is 37.6. The van der Waals surface area contributed by atoms with Crippen LogP contribution in [0.2, 0.25) is 0 Å². The van der Waals surface area contributed by atoms with Gasteiger partial charge in [-0.25, -0.2) is 0 Å². The Balaban J connectivity index is -0.000000101. The maximum atomic E-state index is 10.5. The van der Waals surface area contributed by atoms with E-state index < -0.39 is 48.2 Å². The van der Waals surface area contributed by atoms with Crippen LogP contribution in [0.3, 0.4) is 0 Å². The minimum Gasteiger partial charge on any atom is -0.346 e. The standard InChI is InChI=1S/C18H39O2P.C18H37O2P.C12H27O2P.C10H23O2P.C8H19O2P.C6H7O2P.6Nd/c2*1-2-3-4-5-6-7-8-9-10-11-12-13-14-15-16-17-18-21(19)20;1-2-3-4-5-6-7-8-9-10-11-12-15(13)14;1-2-3-4-5-6-7-8-9-10-13(11)12;1-3-5-6-8(4-2)7-11(9)10;7-9(8)6-4-2-1-3-5-6;;;;;;/h21H,2-18H2,1H3,(H,19,20);9-10,21H,2-8,11-18H2,1H3,(H,19,20);15H,2-12H2,1H3,(H,13,14);13H,2-10H2,1H3,(H,11,12);8,11H,3-7H2,1-2H3,(H,9,10);1-5,9H,(H,7,8);;;;;;/b;10-9-;;;;;;;;;;. The van der Waals surface area contributed by atoms with Crippen molar-refractivity contribution in [2.45, 2.75) is 375 Å². The van der Waals surface area contributed by atoms with E-state index in [0.29, 0.717) is 42.0 Å². The molecule has 0 aliphatic rings. The molecule has 6 N–H and O–H groups in total. The Kier molecular flexibility index (Phi) is 155. The summed E-state index contributed by atoms with van der Waals surface area (Å²) in [6.07, 6.45) is 74.1. The van der Waals surface area contributed by atoms with E-state index in [1.807, 2.05) is 6.07 Å². The van der Waals surface area contributed by atoms with Gasteiger partial charge in [-0.3, -0.25) is 27.4 Å². The fraction of sp³-hybridized carbons (Fsp3) is 0.889. The summed E-state index contributed by atoms with van der Waals surface area (Å²) in [4.78, 5) is 51.9. The third-order valence-corrected chi connectivity index (χ3v) is 21.0. The molecule has 0 aliphatic heterocycles. The van der Waals surface area contributed by atoms with Crippen LogP contribution in [0.15, 0.2) is 42.5 Å². The fourth-order valence-electron chi connectivity index (χ4n) is 10.3. The van der Waals surface area contributed by atoms with E-state index in [4.69, 9.17) is 29.4 Å². The average molecular weight is 2260 g/mol. The summed E-state index contributed by atoms with van der Waals surface area (Å²) >= 11 is 0. The Hall–Kier alpha value is 8.20. The number of hydrogen-bond donors (Lipinski definition) is 6. The number of allylic oxidation sites excluding steroid dienone is 2. The number of rotatable bonds is 60. The maximum Gasteiger partial charge on any atom is 0.218 e. The second kappa shape index (κ2) is 116. The smallest absolute Gasteiger partial charge is 0.218 e. The van der Waals surface area contributed by atoms with Gasteiger partial charge in [0, 0.05) is 281 Å². The van der Waals surface area contributed by atoms with E-state index in [1.165, 1.54) is 270 Å². The molecular formula is C72H152Nd6O12P6. The van der Waals surface area contributed by atoms with Gasteiger partial charge in [-0.15, -0.1) is 0 Å².